The molecule has 2 aromatic carbocycles. The van der Waals surface area contributed by atoms with Crippen LogP contribution in [-0.2, 0) is 0 Å². The number of benzene rings is 2. The van der Waals surface area contributed by atoms with E-state index in [1.54, 1.807) is 24.3 Å². The highest BCUT2D eigenvalue weighted by molar-refractivity contribution is 7.98. The summed E-state index contributed by atoms with van der Waals surface area (Å²) >= 11 is 1.53. The molecule has 0 aliphatic rings. The summed E-state index contributed by atoms with van der Waals surface area (Å²) < 4.78 is 5.86. The van der Waals surface area contributed by atoms with E-state index in [1.165, 1.54) is 63.1 Å². The zero-order valence-corrected chi connectivity index (χ0v) is 23.2. The van der Waals surface area contributed by atoms with E-state index in [4.69, 9.17) is 4.74 Å². The minimum atomic E-state index is -0.209. The number of carbonyl (C=O) groups is 2. The molecule has 0 saturated carbocycles. The molecule has 0 fully saturated rings. The molecule has 0 radical (unpaired) electrons. The number of rotatable bonds is 18. The summed E-state index contributed by atoms with van der Waals surface area (Å²) in [5, 5.41) is 5.89. The average Bonchev–Trinajstić information content (AvgIpc) is 2.90. The van der Waals surface area contributed by atoms with Crippen molar-refractivity contribution in [3.05, 3.63) is 53.6 Å². The van der Waals surface area contributed by atoms with Gasteiger partial charge in [-0.2, -0.15) is 0 Å². The Kier molecular flexibility index (Phi) is 14.8. The molecule has 0 aliphatic heterocycles. The van der Waals surface area contributed by atoms with Gasteiger partial charge in [-0.25, -0.2) is 0 Å². The van der Waals surface area contributed by atoms with Crippen LogP contribution in [0.25, 0.3) is 0 Å². The third-order valence-electron chi connectivity index (χ3n) is 6.16. The maximum Gasteiger partial charge on any atom is 0.255 e. The SMILES string of the molecule is CCCCCCCCCCCOc1ccc(C(=O)Nc2cc(C(=O)NCCCC)ccc2SC)cc1. The van der Waals surface area contributed by atoms with E-state index in [9.17, 15) is 9.59 Å². The Morgan fingerprint density at radius 2 is 1.36 bits per heavy atom. The Hall–Kier alpha value is -2.47. The fourth-order valence-electron chi connectivity index (χ4n) is 3.93. The van der Waals surface area contributed by atoms with E-state index in [-0.39, 0.29) is 11.8 Å². The largest absolute Gasteiger partial charge is 0.494 e. The zero-order chi connectivity index (χ0) is 26.0. The predicted molar refractivity (Wildman–Crippen MR) is 153 cm³/mol. The van der Waals surface area contributed by atoms with Gasteiger partial charge in [-0.05, 0) is 61.6 Å². The van der Waals surface area contributed by atoms with Crippen LogP contribution in [0.1, 0.15) is 105 Å². The Morgan fingerprint density at radius 3 is 2.00 bits per heavy atom. The van der Waals surface area contributed by atoms with Gasteiger partial charge in [-0.1, -0.05) is 71.6 Å². The molecular formula is C30H44N2O3S. The maximum absolute atomic E-state index is 12.9. The maximum atomic E-state index is 12.9. The molecule has 2 rings (SSSR count). The van der Waals surface area contributed by atoms with Crippen molar-refractivity contribution in [2.45, 2.75) is 89.4 Å². The summed E-state index contributed by atoms with van der Waals surface area (Å²) in [6, 6.07) is 12.7. The minimum absolute atomic E-state index is 0.125. The van der Waals surface area contributed by atoms with Crippen molar-refractivity contribution in [3.8, 4) is 5.75 Å². The standard InChI is InChI=1S/C30H44N2O3S/c1-4-6-8-9-10-11-12-13-14-22-35-26-18-15-24(16-19-26)30(34)32-27-23-25(17-20-28(27)36-3)29(33)31-21-7-5-2/h15-20,23H,4-14,21-22H2,1-3H3,(H,31,33)(H,32,34). The zero-order valence-electron chi connectivity index (χ0n) is 22.4. The molecule has 0 bridgehead atoms. The first-order valence-corrected chi connectivity index (χ1v) is 14.8. The van der Waals surface area contributed by atoms with E-state index >= 15 is 0 Å². The van der Waals surface area contributed by atoms with E-state index in [0.717, 1.165) is 29.9 Å². The first-order valence-electron chi connectivity index (χ1n) is 13.6. The molecule has 198 valence electrons. The second-order valence-corrected chi connectivity index (χ2v) is 10.0. The molecule has 0 aliphatic carbocycles. The van der Waals surface area contributed by atoms with Gasteiger partial charge in [0.1, 0.15) is 5.75 Å². The lowest BCUT2D eigenvalue weighted by molar-refractivity contribution is 0.0951. The number of anilines is 1. The van der Waals surface area contributed by atoms with Gasteiger partial charge in [0.05, 0.1) is 12.3 Å². The fourth-order valence-corrected chi connectivity index (χ4v) is 4.46. The second-order valence-electron chi connectivity index (χ2n) is 9.18. The Balaban J connectivity index is 1.80. The summed E-state index contributed by atoms with van der Waals surface area (Å²) in [6.07, 6.45) is 15.5. The van der Waals surface area contributed by atoms with Gasteiger partial charge in [-0.15, -0.1) is 11.8 Å². The first-order chi connectivity index (χ1) is 17.6. The van der Waals surface area contributed by atoms with E-state index in [2.05, 4.69) is 24.5 Å². The number of amides is 2. The van der Waals surface area contributed by atoms with Crippen LogP contribution in [0.5, 0.6) is 5.75 Å². The number of ether oxygens (including phenoxy) is 1. The lowest BCUT2D eigenvalue weighted by Gasteiger charge is -2.12. The van der Waals surface area contributed by atoms with Crippen molar-refractivity contribution in [1.29, 1.82) is 0 Å². The van der Waals surface area contributed by atoms with Gasteiger partial charge in [0.25, 0.3) is 11.8 Å². The summed E-state index contributed by atoms with van der Waals surface area (Å²) in [7, 11) is 0. The molecule has 36 heavy (non-hydrogen) atoms. The molecule has 0 aromatic heterocycles. The predicted octanol–water partition coefficient (Wildman–Crippen LogP) is 8.10. The fraction of sp³-hybridized carbons (Fsp3) is 0.533. The molecule has 2 N–H and O–H groups in total. The summed E-state index contributed by atoms with van der Waals surface area (Å²) in [6.45, 7) is 5.69. The van der Waals surface area contributed by atoms with E-state index in [1.807, 2.05) is 24.5 Å². The van der Waals surface area contributed by atoms with Crippen molar-refractivity contribution in [3.63, 3.8) is 0 Å². The number of unbranched alkanes of at least 4 members (excludes halogenated alkanes) is 9. The van der Waals surface area contributed by atoms with E-state index in [0.29, 0.717) is 30.0 Å². The second kappa shape index (κ2) is 17.9. The van der Waals surface area contributed by atoms with Gasteiger partial charge in [0.2, 0.25) is 0 Å². The highest BCUT2D eigenvalue weighted by atomic mass is 32.2. The third kappa shape index (κ3) is 11.1. The van der Waals surface area contributed by atoms with Gasteiger partial charge in [-0.3, -0.25) is 9.59 Å². The monoisotopic (exact) mass is 512 g/mol. The molecular weight excluding hydrogens is 468 g/mol. The van der Waals surface area contributed by atoms with Crippen LogP contribution in [0.2, 0.25) is 0 Å². The van der Waals surface area contributed by atoms with Crippen LogP contribution >= 0.6 is 11.8 Å². The molecule has 6 heteroatoms. The number of carbonyl (C=O) groups excluding carboxylic acids is 2. The van der Waals surface area contributed by atoms with Crippen LogP contribution in [0.15, 0.2) is 47.4 Å². The van der Waals surface area contributed by atoms with Crippen LogP contribution in [-0.4, -0.2) is 31.2 Å². The smallest absolute Gasteiger partial charge is 0.255 e. The summed E-state index contributed by atoms with van der Waals surface area (Å²) in [4.78, 5) is 26.2. The molecule has 2 amide bonds. The number of thioether (sulfide) groups is 1. The van der Waals surface area contributed by atoms with Gasteiger partial charge < -0.3 is 15.4 Å². The van der Waals surface area contributed by atoms with Crippen molar-refractivity contribution < 1.29 is 14.3 Å². The minimum Gasteiger partial charge on any atom is -0.494 e. The van der Waals surface area contributed by atoms with Crippen LogP contribution in [0.3, 0.4) is 0 Å². The molecule has 0 atom stereocenters. The van der Waals surface area contributed by atoms with Crippen molar-refractivity contribution in [1.82, 2.24) is 5.32 Å². The summed E-state index contributed by atoms with van der Waals surface area (Å²) in [5.41, 5.74) is 1.73. The van der Waals surface area contributed by atoms with Crippen molar-refractivity contribution >= 4 is 29.3 Å². The van der Waals surface area contributed by atoms with Gasteiger partial charge in [0, 0.05) is 22.6 Å². The lowest BCUT2D eigenvalue weighted by Crippen LogP contribution is -2.24. The number of nitrogens with one attached hydrogen (secondary N) is 2. The molecule has 0 unspecified atom stereocenters. The molecule has 0 saturated heterocycles. The Labute approximate surface area is 222 Å². The highest BCUT2D eigenvalue weighted by Crippen LogP contribution is 2.27. The van der Waals surface area contributed by atoms with Crippen molar-refractivity contribution in [2.75, 3.05) is 24.7 Å². The lowest BCUT2D eigenvalue weighted by atomic mass is 10.1. The van der Waals surface area contributed by atoms with Gasteiger partial charge in [0.15, 0.2) is 0 Å². The third-order valence-corrected chi connectivity index (χ3v) is 6.95. The number of hydrogen-bond acceptors (Lipinski definition) is 4. The molecule has 0 spiro atoms. The van der Waals surface area contributed by atoms with Gasteiger partial charge >= 0.3 is 0 Å². The normalized spacial score (nSPS) is 10.8. The van der Waals surface area contributed by atoms with E-state index < -0.39 is 0 Å². The van der Waals surface area contributed by atoms with Crippen molar-refractivity contribution in [2.24, 2.45) is 0 Å². The number of hydrogen-bond donors (Lipinski definition) is 2. The average molecular weight is 513 g/mol. The Morgan fingerprint density at radius 1 is 0.750 bits per heavy atom. The van der Waals surface area contributed by atoms with Crippen LogP contribution in [0, 0.1) is 0 Å². The van der Waals surface area contributed by atoms with Crippen LogP contribution in [0.4, 0.5) is 5.69 Å². The van der Waals surface area contributed by atoms with Crippen LogP contribution < -0.4 is 15.4 Å². The molecule has 5 nitrogen and oxygen atoms in total. The molecule has 2 aromatic rings. The molecule has 0 heterocycles. The topological polar surface area (TPSA) is 67.4 Å². The highest BCUT2D eigenvalue weighted by Gasteiger charge is 2.13. The summed E-state index contributed by atoms with van der Waals surface area (Å²) in [5.74, 6) is 0.445. The first kappa shape index (κ1) is 29.8. The Bertz CT molecular complexity index is 915. The quantitative estimate of drug-likeness (QED) is 0.156.